The van der Waals surface area contributed by atoms with Gasteiger partial charge in [0.2, 0.25) is 5.12 Å². The van der Waals surface area contributed by atoms with Crippen molar-refractivity contribution in [1.29, 1.82) is 0 Å². The van der Waals surface area contributed by atoms with Gasteiger partial charge in [-0.15, -0.1) is 25.3 Å². The molecule has 0 saturated heterocycles. The number of benzene rings is 1. The number of nitrogens with zero attached hydrogens (tertiary/aromatic N) is 1. The number of para-hydroxylation sites is 2. The van der Waals surface area contributed by atoms with Crippen molar-refractivity contribution in [2.75, 3.05) is 0 Å². The fraction of sp³-hybridized carbons (Fsp3) is 0.471. The summed E-state index contributed by atoms with van der Waals surface area (Å²) >= 11 is 8.22. The fourth-order valence-corrected chi connectivity index (χ4v) is 4.42. The molecular weight excluding hydrogens is 328 g/mol. The van der Waals surface area contributed by atoms with Crippen LogP contribution in [0.5, 0.6) is 0 Å². The molecular formula is C17H22N2O2S2. The summed E-state index contributed by atoms with van der Waals surface area (Å²) in [5.41, 5.74) is 0.447. The zero-order valence-corrected chi connectivity index (χ0v) is 15.5. The Morgan fingerprint density at radius 1 is 1.13 bits per heavy atom. The third kappa shape index (κ3) is 2.94. The molecule has 0 fully saturated rings. The van der Waals surface area contributed by atoms with Crippen LogP contribution in [0, 0.1) is 17.8 Å². The number of hydrogen-bond acceptors (Lipinski definition) is 3. The van der Waals surface area contributed by atoms with Crippen LogP contribution in [0.3, 0.4) is 0 Å². The Balaban J connectivity index is 2.80. The van der Waals surface area contributed by atoms with Crippen molar-refractivity contribution in [2.24, 2.45) is 17.8 Å². The van der Waals surface area contributed by atoms with E-state index in [-0.39, 0.29) is 22.1 Å². The second kappa shape index (κ2) is 6.69. The van der Waals surface area contributed by atoms with Crippen LogP contribution in [0.15, 0.2) is 24.3 Å². The van der Waals surface area contributed by atoms with Gasteiger partial charge in [0, 0.05) is 0 Å². The highest BCUT2D eigenvalue weighted by molar-refractivity contribution is 7.97. The fourth-order valence-electron chi connectivity index (χ4n) is 3.42. The first-order valence-electron chi connectivity index (χ1n) is 7.64. The molecule has 1 heterocycles. The third-order valence-electron chi connectivity index (χ3n) is 4.47. The summed E-state index contributed by atoms with van der Waals surface area (Å²) in [6.45, 7) is 7.64. The zero-order valence-electron chi connectivity index (χ0n) is 13.7. The Kier molecular flexibility index (Phi) is 5.26. The first-order valence-corrected chi connectivity index (χ1v) is 8.53. The van der Waals surface area contributed by atoms with Gasteiger partial charge in [0.1, 0.15) is 11.2 Å². The van der Waals surface area contributed by atoms with Crippen LogP contribution >= 0.6 is 25.3 Å². The molecule has 1 aromatic heterocycles. The number of imidazole rings is 1. The van der Waals surface area contributed by atoms with E-state index < -0.39 is 11.3 Å². The molecule has 4 nitrogen and oxygen atoms in total. The maximum atomic E-state index is 12.7. The Morgan fingerprint density at radius 3 is 2.17 bits per heavy atom. The van der Waals surface area contributed by atoms with Gasteiger partial charge in [0.05, 0.1) is 17.0 Å². The molecule has 0 aliphatic heterocycles. The van der Waals surface area contributed by atoms with Crippen molar-refractivity contribution >= 4 is 46.5 Å². The van der Waals surface area contributed by atoms with Crippen LogP contribution in [0.1, 0.15) is 33.5 Å². The van der Waals surface area contributed by atoms with Crippen molar-refractivity contribution in [3.8, 4) is 0 Å². The van der Waals surface area contributed by atoms with Gasteiger partial charge in [0.25, 0.3) is 0 Å². The number of fused-ring (bicyclic) bond motifs is 1. The summed E-state index contributed by atoms with van der Waals surface area (Å²) in [4.78, 5) is 32.7. The first kappa shape index (κ1) is 18.1. The molecule has 0 radical (unpaired) electrons. The number of rotatable bonds is 6. The molecule has 0 saturated carbocycles. The van der Waals surface area contributed by atoms with Gasteiger partial charge in [-0.2, -0.15) is 0 Å². The molecule has 23 heavy (non-hydrogen) atoms. The van der Waals surface area contributed by atoms with E-state index in [9.17, 15) is 9.59 Å². The van der Waals surface area contributed by atoms with Gasteiger partial charge in [-0.1, -0.05) is 39.8 Å². The van der Waals surface area contributed by atoms with E-state index in [0.717, 1.165) is 11.0 Å². The quantitative estimate of drug-likeness (QED) is 0.697. The summed E-state index contributed by atoms with van der Waals surface area (Å²) < 4.78 is 0. The Labute approximate surface area is 147 Å². The van der Waals surface area contributed by atoms with Gasteiger partial charge in [-0.3, -0.25) is 9.59 Å². The van der Waals surface area contributed by atoms with E-state index in [0.29, 0.717) is 5.82 Å². The number of H-pyrrole nitrogens is 1. The summed E-state index contributed by atoms with van der Waals surface area (Å²) in [5.74, 6) is -0.380. The number of thiol groups is 2. The minimum absolute atomic E-state index is 0.0771. The lowest BCUT2D eigenvalue weighted by Gasteiger charge is -2.40. The second-order valence-corrected chi connectivity index (χ2v) is 7.34. The standard InChI is InChI=1S/C17H22N2O2S2/c1-9(2)13(14(20)22)17(10(3)4,16(21)23)15-18-11-7-5-6-8-12(11)19-15/h5-10,13H,1-4H3,(H,18,19)(H,20,22)(H,21,23). The predicted molar refractivity (Wildman–Crippen MR) is 98.9 cm³/mol. The lowest BCUT2D eigenvalue weighted by Crippen LogP contribution is -2.50. The average molecular weight is 351 g/mol. The zero-order chi connectivity index (χ0) is 17.4. The van der Waals surface area contributed by atoms with Gasteiger partial charge in [0.15, 0.2) is 5.12 Å². The molecule has 6 heteroatoms. The van der Waals surface area contributed by atoms with Crippen molar-refractivity contribution in [2.45, 2.75) is 33.1 Å². The maximum absolute atomic E-state index is 12.7. The number of nitrogens with one attached hydrogen (secondary N) is 1. The van der Waals surface area contributed by atoms with Gasteiger partial charge >= 0.3 is 0 Å². The maximum Gasteiger partial charge on any atom is 0.200 e. The molecule has 1 aromatic carbocycles. The second-order valence-electron chi connectivity index (χ2n) is 6.49. The minimum Gasteiger partial charge on any atom is -0.341 e. The molecule has 2 aromatic rings. The molecule has 0 spiro atoms. The summed E-state index contributed by atoms with van der Waals surface area (Å²) in [7, 11) is 0. The number of carbonyl (C=O) groups is 2. The van der Waals surface area contributed by atoms with E-state index in [2.05, 4.69) is 35.2 Å². The van der Waals surface area contributed by atoms with Gasteiger partial charge < -0.3 is 4.98 Å². The van der Waals surface area contributed by atoms with Crippen molar-refractivity contribution in [3.63, 3.8) is 0 Å². The first-order chi connectivity index (χ1) is 10.7. The Morgan fingerprint density at radius 2 is 1.74 bits per heavy atom. The van der Waals surface area contributed by atoms with Crippen LogP contribution in [-0.2, 0) is 15.0 Å². The molecule has 2 unspecified atom stereocenters. The Bertz CT molecular complexity index is 706. The highest BCUT2D eigenvalue weighted by Gasteiger charge is 2.53. The van der Waals surface area contributed by atoms with Crippen LogP contribution in [0.25, 0.3) is 11.0 Å². The smallest absolute Gasteiger partial charge is 0.200 e. The lowest BCUT2D eigenvalue weighted by atomic mass is 9.64. The van der Waals surface area contributed by atoms with E-state index in [4.69, 9.17) is 0 Å². The third-order valence-corrected chi connectivity index (χ3v) is 5.12. The predicted octanol–water partition coefficient (Wildman–Crippen LogP) is 3.64. The molecule has 0 bridgehead atoms. The van der Waals surface area contributed by atoms with Crippen molar-refractivity contribution < 1.29 is 9.59 Å². The molecule has 1 N–H and O–H groups in total. The summed E-state index contributed by atoms with van der Waals surface area (Å²) in [5, 5.41) is -0.691. The molecule has 124 valence electrons. The number of aromatic amines is 1. The van der Waals surface area contributed by atoms with Crippen LogP contribution in [0.4, 0.5) is 0 Å². The van der Waals surface area contributed by atoms with Crippen molar-refractivity contribution in [3.05, 3.63) is 30.1 Å². The highest BCUT2D eigenvalue weighted by Crippen LogP contribution is 2.45. The van der Waals surface area contributed by atoms with Crippen LogP contribution < -0.4 is 0 Å². The van der Waals surface area contributed by atoms with Crippen molar-refractivity contribution in [1.82, 2.24) is 9.97 Å². The number of carbonyl (C=O) groups excluding carboxylic acids is 2. The lowest BCUT2D eigenvalue weighted by molar-refractivity contribution is -0.129. The van der Waals surface area contributed by atoms with E-state index in [1.54, 1.807) is 0 Å². The highest BCUT2D eigenvalue weighted by atomic mass is 32.1. The minimum atomic E-state index is -1.14. The van der Waals surface area contributed by atoms with E-state index >= 15 is 0 Å². The molecule has 0 aliphatic carbocycles. The molecule has 2 atom stereocenters. The topological polar surface area (TPSA) is 62.8 Å². The molecule has 0 aliphatic rings. The van der Waals surface area contributed by atoms with E-state index in [1.807, 2.05) is 52.0 Å². The van der Waals surface area contributed by atoms with Gasteiger partial charge in [-0.25, -0.2) is 4.98 Å². The van der Waals surface area contributed by atoms with E-state index in [1.165, 1.54) is 0 Å². The van der Waals surface area contributed by atoms with Gasteiger partial charge in [-0.05, 0) is 24.0 Å². The largest absolute Gasteiger partial charge is 0.341 e. The number of hydrogen-bond donors (Lipinski definition) is 3. The molecule has 2 rings (SSSR count). The summed E-state index contributed by atoms with van der Waals surface area (Å²) in [6, 6.07) is 7.55. The van der Waals surface area contributed by atoms with Crippen LogP contribution in [0.2, 0.25) is 0 Å². The number of aromatic nitrogens is 2. The Hall–Kier alpha value is -1.27. The molecule has 0 amide bonds. The van der Waals surface area contributed by atoms with Crippen LogP contribution in [-0.4, -0.2) is 20.2 Å². The monoisotopic (exact) mass is 350 g/mol. The normalized spacial score (nSPS) is 15.8. The summed E-state index contributed by atoms with van der Waals surface area (Å²) in [6.07, 6.45) is 0. The SMILES string of the molecule is CC(C)C(C(=O)S)C(C(=O)S)(c1nc2ccccc2[nH]1)C(C)C. The average Bonchev–Trinajstić information content (AvgIpc) is 2.86.